The second-order valence-electron chi connectivity index (χ2n) is 7.73. The molecule has 0 aliphatic carbocycles. The lowest BCUT2D eigenvalue weighted by molar-refractivity contribution is 0.0617. The van der Waals surface area contributed by atoms with Crippen LogP contribution in [0.4, 0.5) is 0 Å². The predicted molar refractivity (Wildman–Crippen MR) is 114 cm³/mol. The molecule has 0 unspecified atom stereocenters. The zero-order valence-electron chi connectivity index (χ0n) is 17.2. The van der Waals surface area contributed by atoms with Gasteiger partial charge in [0.05, 0.1) is 11.6 Å². The molecule has 1 aromatic heterocycles. The molecule has 1 aromatic carbocycles. The number of amides is 1. The van der Waals surface area contributed by atoms with Crippen LogP contribution in [0.3, 0.4) is 0 Å². The van der Waals surface area contributed by atoms with Gasteiger partial charge in [0.15, 0.2) is 0 Å². The molecule has 3 rings (SSSR count). The number of pyridine rings is 1. The summed E-state index contributed by atoms with van der Waals surface area (Å²) in [7, 11) is 0. The summed E-state index contributed by atoms with van der Waals surface area (Å²) in [6.45, 7) is 4.58. The summed E-state index contributed by atoms with van der Waals surface area (Å²) in [6.07, 6.45) is 8.32. The van der Waals surface area contributed by atoms with Crippen LogP contribution in [0.5, 0.6) is 0 Å². The molecule has 5 nitrogen and oxygen atoms in total. The van der Waals surface area contributed by atoms with Gasteiger partial charge in [0.25, 0.3) is 5.91 Å². The van der Waals surface area contributed by atoms with Gasteiger partial charge in [0.2, 0.25) is 0 Å². The Hall–Kier alpha value is -2.71. The Morgan fingerprint density at radius 2 is 1.86 bits per heavy atom. The molecule has 1 aliphatic rings. The van der Waals surface area contributed by atoms with E-state index in [1.54, 1.807) is 0 Å². The third-order valence-corrected chi connectivity index (χ3v) is 5.56. The Bertz CT molecular complexity index is 817. The Balaban J connectivity index is 1.75. The third kappa shape index (κ3) is 5.88. The number of nitriles is 1. The molecule has 0 saturated carbocycles. The van der Waals surface area contributed by atoms with E-state index in [1.807, 2.05) is 47.5 Å². The monoisotopic (exact) mass is 390 g/mol. The number of benzene rings is 1. The number of hydrogen-bond donors (Lipinski definition) is 1. The first-order chi connectivity index (χ1) is 14.2. The summed E-state index contributed by atoms with van der Waals surface area (Å²) in [6, 6.07) is 13.7. The van der Waals surface area contributed by atoms with E-state index in [4.69, 9.17) is 5.26 Å². The topological polar surface area (TPSA) is 69.0 Å². The van der Waals surface area contributed by atoms with E-state index in [2.05, 4.69) is 23.3 Å². The molecular formula is C24H30N4O. The Morgan fingerprint density at radius 3 is 2.48 bits per heavy atom. The predicted octanol–water partition coefficient (Wildman–Crippen LogP) is 4.08. The van der Waals surface area contributed by atoms with Gasteiger partial charge in [0, 0.05) is 18.8 Å². The van der Waals surface area contributed by atoms with Gasteiger partial charge in [-0.05, 0) is 68.1 Å². The van der Waals surface area contributed by atoms with Crippen LogP contribution >= 0.6 is 0 Å². The highest BCUT2D eigenvalue weighted by atomic mass is 16.2. The third-order valence-electron chi connectivity index (χ3n) is 5.56. The van der Waals surface area contributed by atoms with Crippen molar-refractivity contribution < 1.29 is 4.79 Å². The van der Waals surface area contributed by atoms with Gasteiger partial charge < -0.3 is 10.2 Å². The highest BCUT2D eigenvalue weighted by Gasteiger charge is 2.27. The van der Waals surface area contributed by atoms with E-state index >= 15 is 0 Å². The fourth-order valence-corrected chi connectivity index (χ4v) is 3.79. The number of aromatic nitrogens is 1. The van der Waals surface area contributed by atoms with Gasteiger partial charge >= 0.3 is 0 Å². The van der Waals surface area contributed by atoms with Crippen molar-refractivity contribution >= 4 is 5.91 Å². The minimum Gasteiger partial charge on any atom is -0.330 e. The first-order valence-electron chi connectivity index (χ1n) is 10.7. The Kier molecular flexibility index (Phi) is 7.77. The highest BCUT2D eigenvalue weighted by molar-refractivity contribution is 5.92. The highest BCUT2D eigenvalue weighted by Crippen LogP contribution is 2.19. The SMILES string of the molecule is CCCCCc1ccc(C(=O)N(Cc2ccc(C#N)cc2)C2CCNCC2)nc1. The first kappa shape index (κ1) is 21.0. The summed E-state index contributed by atoms with van der Waals surface area (Å²) < 4.78 is 0. The van der Waals surface area contributed by atoms with E-state index in [-0.39, 0.29) is 11.9 Å². The van der Waals surface area contributed by atoms with Crippen molar-refractivity contribution in [3.8, 4) is 6.07 Å². The molecule has 1 aliphatic heterocycles. The number of nitrogens with zero attached hydrogens (tertiary/aromatic N) is 3. The molecule has 0 radical (unpaired) electrons. The second-order valence-corrected chi connectivity index (χ2v) is 7.73. The molecule has 2 heterocycles. The van der Waals surface area contributed by atoms with Crippen molar-refractivity contribution in [1.29, 1.82) is 5.26 Å². The fourth-order valence-electron chi connectivity index (χ4n) is 3.79. The van der Waals surface area contributed by atoms with Gasteiger partial charge in [-0.1, -0.05) is 38.0 Å². The number of unbranched alkanes of at least 4 members (excludes halogenated alkanes) is 2. The van der Waals surface area contributed by atoms with Crippen LogP contribution in [0.15, 0.2) is 42.6 Å². The standard InChI is InChI=1S/C24H30N4O/c1-2-3-4-5-20-10-11-23(27-17-20)24(29)28(22-12-14-26-15-13-22)18-21-8-6-19(16-25)7-9-21/h6-11,17,22,26H,2-5,12-15,18H2,1H3. The van der Waals surface area contributed by atoms with Gasteiger partial charge in [-0.3, -0.25) is 9.78 Å². The molecular weight excluding hydrogens is 360 g/mol. The first-order valence-corrected chi connectivity index (χ1v) is 10.7. The van der Waals surface area contributed by atoms with Gasteiger partial charge in [-0.25, -0.2) is 0 Å². The largest absolute Gasteiger partial charge is 0.330 e. The molecule has 0 atom stereocenters. The second kappa shape index (κ2) is 10.7. The summed E-state index contributed by atoms with van der Waals surface area (Å²) in [5, 5.41) is 12.4. The summed E-state index contributed by atoms with van der Waals surface area (Å²) in [4.78, 5) is 19.8. The number of nitrogens with one attached hydrogen (secondary N) is 1. The lowest BCUT2D eigenvalue weighted by Crippen LogP contribution is -2.46. The lowest BCUT2D eigenvalue weighted by atomic mass is 10.0. The van der Waals surface area contributed by atoms with E-state index in [1.165, 1.54) is 18.4 Å². The minimum atomic E-state index is -0.0126. The molecule has 0 spiro atoms. The van der Waals surface area contributed by atoms with E-state index in [0.29, 0.717) is 17.8 Å². The molecule has 1 amide bonds. The van der Waals surface area contributed by atoms with Crippen molar-refractivity contribution in [3.05, 3.63) is 65.0 Å². The summed E-state index contributed by atoms with van der Waals surface area (Å²) >= 11 is 0. The fraction of sp³-hybridized carbons (Fsp3) is 0.458. The summed E-state index contributed by atoms with van der Waals surface area (Å²) in [5.74, 6) is -0.0126. The Morgan fingerprint density at radius 1 is 1.14 bits per heavy atom. The van der Waals surface area contributed by atoms with Crippen molar-refractivity contribution in [1.82, 2.24) is 15.2 Å². The van der Waals surface area contributed by atoms with Gasteiger partial charge in [-0.15, -0.1) is 0 Å². The molecule has 1 N–H and O–H groups in total. The van der Waals surface area contributed by atoms with Crippen LogP contribution in [0.2, 0.25) is 0 Å². The Labute approximate surface area is 173 Å². The van der Waals surface area contributed by atoms with Crippen LogP contribution in [0.25, 0.3) is 0 Å². The molecule has 2 aromatic rings. The van der Waals surface area contributed by atoms with E-state index in [9.17, 15) is 4.79 Å². The van der Waals surface area contributed by atoms with Crippen LogP contribution in [-0.2, 0) is 13.0 Å². The van der Waals surface area contributed by atoms with Crippen molar-refractivity contribution in [2.24, 2.45) is 0 Å². The number of piperidine rings is 1. The molecule has 152 valence electrons. The normalized spacial score (nSPS) is 14.3. The maximum Gasteiger partial charge on any atom is 0.272 e. The number of aryl methyl sites for hydroxylation is 1. The quantitative estimate of drug-likeness (QED) is 0.690. The van der Waals surface area contributed by atoms with Crippen molar-refractivity contribution in [2.45, 2.75) is 58.0 Å². The molecule has 1 saturated heterocycles. The summed E-state index contributed by atoms with van der Waals surface area (Å²) in [5.41, 5.74) is 3.37. The number of carbonyl (C=O) groups excluding carboxylic acids is 1. The maximum atomic E-state index is 13.3. The van der Waals surface area contributed by atoms with E-state index < -0.39 is 0 Å². The average Bonchev–Trinajstić information content (AvgIpc) is 2.79. The van der Waals surface area contributed by atoms with Gasteiger partial charge in [-0.2, -0.15) is 5.26 Å². The van der Waals surface area contributed by atoms with Gasteiger partial charge in [0.1, 0.15) is 5.69 Å². The maximum absolute atomic E-state index is 13.3. The molecule has 0 bridgehead atoms. The smallest absolute Gasteiger partial charge is 0.272 e. The number of carbonyl (C=O) groups is 1. The van der Waals surface area contributed by atoms with Crippen LogP contribution in [0.1, 0.15) is 66.2 Å². The van der Waals surface area contributed by atoms with Crippen molar-refractivity contribution in [2.75, 3.05) is 13.1 Å². The number of hydrogen-bond acceptors (Lipinski definition) is 4. The molecule has 29 heavy (non-hydrogen) atoms. The van der Waals surface area contributed by atoms with E-state index in [0.717, 1.165) is 44.3 Å². The lowest BCUT2D eigenvalue weighted by Gasteiger charge is -2.34. The molecule has 5 heteroatoms. The zero-order chi connectivity index (χ0) is 20.5. The average molecular weight is 391 g/mol. The molecule has 1 fully saturated rings. The zero-order valence-corrected chi connectivity index (χ0v) is 17.2. The van der Waals surface area contributed by atoms with Crippen LogP contribution in [0, 0.1) is 11.3 Å². The minimum absolute atomic E-state index is 0.0126. The van der Waals surface area contributed by atoms with Crippen LogP contribution in [-0.4, -0.2) is 34.9 Å². The van der Waals surface area contributed by atoms with Crippen molar-refractivity contribution in [3.63, 3.8) is 0 Å². The van der Waals surface area contributed by atoms with Crippen LogP contribution < -0.4 is 5.32 Å². The number of rotatable bonds is 8.